The number of nitrogens with zero attached hydrogens (tertiary/aromatic N) is 6. The summed E-state index contributed by atoms with van der Waals surface area (Å²) in [6.07, 6.45) is 5.60. The molecule has 0 aliphatic carbocycles. The summed E-state index contributed by atoms with van der Waals surface area (Å²) in [6, 6.07) is 9.54. The van der Waals surface area contributed by atoms with E-state index >= 15 is 0 Å². The van der Waals surface area contributed by atoms with Crippen LogP contribution in [0.3, 0.4) is 0 Å². The molecule has 0 bridgehead atoms. The number of halogens is 1. The zero-order chi connectivity index (χ0) is 22.0. The van der Waals surface area contributed by atoms with Crippen molar-refractivity contribution >= 4 is 23.5 Å². The maximum atomic E-state index is 13.1. The van der Waals surface area contributed by atoms with Crippen molar-refractivity contribution in [2.75, 3.05) is 32.1 Å². The first-order valence-corrected chi connectivity index (χ1v) is 11.0. The summed E-state index contributed by atoms with van der Waals surface area (Å²) >= 11 is 6.25. The van der Waals surface area contributed by atoms with Gasteiger partial charge >= 0.3 is 0 Å². The maximum Gasteiger partial charge on any atom is 0.274 e. The normalized spacial score (nSPS) is 16.4. The fraction of sp³-hybridized carbons (Fsp3) is 0.391. The van der Waals surface area contributed by atoms with Crippen molar-refractivity contribution < 1.29 is 4.79 Å². The second kappa shape index (κ2) is 9.06. The number of aryl methyl sites for hydroxylation is 1. The number of rotatable bonds is 5. The van der Waals surface area contributed by atoms with Gasteiger partial charge < -0.3 is 9.80 Å². The number of carbonyl (C=O) groups is 1. The lowest BCUT2D eigenvalue weighted by Gasteiger charge is -2.33. The van der Waals surface area contributed by atoms with Crippen LogP contribution in [0.4, 0.5) is 5.95 Å². The maximum absolute atomic E-state index is 13.1. The second-order valence-electron chi connectivity index (χ2n) is 8.02. The molecule has 0 unspecified atom stereocenters. The van der Waals surface area contributed by atoms with Crippen molar-refractivity contribution in [1.82, 2.24) is 24.6 Å². The Kier molecular flexibility index (Phi) is 6.23. The highest BCUT2D eigenvalue weighted by atomic mass is 35.5. The molecule has 162 valence electrons. The van der Waals surface area contributed by atoms with E-state index < -0.39 is 0 Å². The zero-order valence-electron chi connectivity index (χ0n) is 18.1. The molecule has 0 saturated carbocycles. The Bertz CT molecular complexity index is 1080. The molecular formula is C23H27ClN6O. The standard InChI is InChI=1S/C23H27ClN6O/c1-4-30-12-10-20(27-30)22(31)29-11-6-8-17(15-29)21-19(14-25-23(26-21)28(2)3)16-7-5-9-18(24)13-16/h5,7,9-10,12-14,17H,4,6,8,11,15H2,1-3H3/t17-/m1/s1. The summed E-state index contributed by atoms with van der Waals surface area (Å²) in [5.74, 6) is 0.746. The monoisotopic (exact) mass is 438 g/mol. The summed E-state index contributed by atoms with van der Waals surface area (Å²) in [6.45, 7) is 4.09. The van der Waals surface area contributed by atoms with E-state index in [2.05, 4.69) is 10.1 Å². The van der Waals surface area contributed by atoms with Crippen LogP contribution < -0.4 is 4.90 Å². The minimum atomic E-state index is -0.0249. The Morgan fingerprint density at radius 1 is 1.29 bits per heavy atom. The van der Waals surface area contributed by atoms with Gasteiger partial charge in [-0.1, -0.05) is 23.7 Å². The molecule has 1 amide bonds. The van der Waals surface area contributed by atoms with Crippen molar-refractivity contribution in [2.45, 2.75) is 32.2 Å². The number of aromatic nitrogens is 4. The van der Waals surface area contributed by atoms with E-state index in [4.69, 9.17) is 16.6 Å². The third-order valence-corrected chi connectivity index (χ3v) is 5.86. The minimum Gasteiger partial charge on any atom is -0.347 e. The predicted molar refractivity (Wildman–Crippen MR) is 123 cm³/mol. The van der Waals surface area contributed by atoms with E-state index in [9.17, 15) is 4.79 Å². The van der Waals surface area contributed by atoms with Crippen LogP contribution in [0.5, 0.6) is 0 Å². The van der Waals surface area contributed by atoms with Gasteiger partial charge in [-0.3, -0.25) is 9.48 Å². The molecular weight excluding hydrogens is 412 g/mol. The van der Waals surface area contributed by atoms with Gasteiger partial charge in [-0.2, -0.15) is 5.10 Å². The first-order valence-electron chi connectivity index (χ1n) is 10.6. The third-order valence-electron chi connectivity index (χ3n) is 5.62. The number of piperidine rings is 1. The van der Waals surface area contributed by atoms with Gasteiger partial charge in [0.1, 0.15) is 5.69 Å². The van der Waals surface area contributed by atoms with Crippen LogP contribution >= 0.6 is 11.6 Å². The molecule has 3 heterocycles. The number of hydrogen-bond donors (Lipinski definition) is 0. The molecule has 1 aromatic carbocycles. The smallest absolute Gasteiger partial charge is 0.274 e. The molecule has 1 fully saturated rings. The van der Waals surface area contributed by atoms with Crippen LogP contribution in [0.1, 0.15) is 41.9 Å². The van der Waals surface area contributed by atoms with Gasteiger partial charge in [0.25, 0.3) is 5.91 Å². The Morgan fingerprint density at radius 3 is 2.84 bits per heavy atom. The Labute approximate surface area is 187 Å². The average molecular weight is 439 g/mol. The van der Waals surface area contributed by atoms with E-state index in [0.717, 1.165) is 42.8 Å². The molecule has 1 aliphatic heterocycles. The fourth-order valence-corrected chi connectivity index (χ4v) is 4.18. The van der Waals surface area contributed by atoms with E-state index in [0.29, 0.717) is 23.2 Å². The SMILES string of the molecule is CCn1ccc(C(=O)N2CCC[C@@H](c3nc(N(C)C)ncc3-c3cccc(Cl)c3)C2)n1. The first-order chi connectivity index (χ1) is 15.0. The van der Waals surface area contributed by atoms with Crippen molar-refractivity contribution in [3.8, 4) is 11.1 Å². The van der Waals surface area contributed by atoms with Crippen LogP contribution in [0.2, 0.25) is 5.02 Å². The number of hydrogen-bond acceptors (Lipinski definition) is 5. The molecule has 8 heteroatoms. The zero-order valence-corrected chi connectivity index (χ0v) is 18.9. The van der Waals surface area contributed by atoms with Gasteiger partial charge in [-0.15, -0.1) is 0 Å². The van der Waals surface area contributed by atoms with E-state index in [-0.39, 0.29) is 11.8 Å². The number of anilines is 1. The molecule has 3 aromatic rings. The molecule has 2 aromatic heterocycles. The van der Waals surface area contributed by atoms with Gasteiger partial charge in [-0.05, 0) is 43.5 Å². The lowest BCUT2D eigenvalue weighted by Crippen LogP contribution is -2.39. The van der Waals surface area contributed by atoms with Crippen LogP contribution in [-0.4, -0.2) is 57.7 Å². The number of benzene rings is 1. The Balaban J connectivity index is 1.67. The molecule has 31 heavy (non-hydrogen) atoms. The van der Waals surface area contributed by atoms with Crippen molar-refractivity contribution in [1.29, 1.82) is 0 Å². The summed E-state index contributed by atoms with van der Waals surface area (Å²) in [4.78, 5) is 26.3. The molecule has 7 nitrogen and oxygen atoms in total. The van der Waals surface area contributed by atoms with E-state index in [1.54, 1.807) is 10.7 Å². The highest BCUT2D eigenvalue weighted by molar-refractivity contribution is 6.30. The van der Waals surface area contributed by atoms with Crippen LogP contribution in [0.25, 0.3) is 11.1 Å². The summed E-state index contributed by atoms with van der Waals surface area (Å²) in [5, 5.41) is 5.07. The van der Waals surface area contributed by atoms with E-state index in [1.165, 1.54) is 0 Å². The largest absolute Gasteiger partial charge is 0.347 e. The number of carbonyl (C=O) groups excluding carboxylic acids is 1. The van der Waals surface area contributed by atoms with Crippen molar-refractivity contribution in [2.24, 2.45) is 0 Å². The third kappa shape index (κ3) is 4.56. The molecule has 0 N–H and O–H groups in total. The lowest BCUT2D eigenvalue weighted by molar-refractivity contribution is 0.0699. The fourth-order valence-electron chi connectivity index (χ4n) is 3.99. The average Bonchev–Trinajstić information content (AvgIpc) is 3.27. The van der Waals surface area contributed by atoms with Gasteiger partial charge in [0.15, 0.2) is 0 Å². The number of amides is 1. The topological polar surface area (TPSA) is 67.2 Å². The molecule has 1 aliphatic rings. The first kappa shape index (κ1) is 21.3. The van der Waals surface area contributed by atoms with Crippen molar-refractivity contribution in [3.63, 3.8) is 0 Å². The number of likely N-dealkylation sites (tertiary alicyclic amines) is 1. The minimum absolute atomic E-state index is 0.0249. The Morgan fingerprint density at radius 2 is 2.13 bits per heavy atom. The highest BCUT2D eigenvalue weighted by Gasteiger charge is 2.29. The van der Waals surface area contributed by atoms with Crippen LogP contribution in [0, 0.1) is 0 Å². The summed E-state index contributed by atoms with van der Waals surface area (Å²) < 4.78 is 1.78. The molecule has 1 saturated heterocycles. The lowest BCUT2D eigenvalue weighted by atomic mass is 9.89. The van der Waals surface area contributed by atoms with Gasteiger partial charge in [0.05, 0.1) is 5.69 Å². The van der Waals surface area contributed by atoms with Gasteiger partial charge in [0.2, 0.25) is 5.95 Å². The van der Waals surface area contributed by atoms with Crippen LogP contribution in [-0.2, 0) is 6.54 Å². The second-order valence-corrected chi connectivity index (χ2v) is 8.46. The van der Waals surface area contributed by atoms with Crippen LogP contribution in [0.15, 0.2) is 42.7 Å². The highest BCUT2D eigenvalue weighted by Crippen LogP contribution is 2.35. The quantitative estimate of drug-likeness (QED) is 0.600. The molecule has 0 spiro atoms. The predicted octanol–water partition coefficient (Wildman–Crippen LogP) is 4.10. The Hall–Kier alpha value is -2.93. The van der Waals surface area contributed by atoms with Gasteiger partial charge in [0, 0.05) is 62.6 Å². The summed E-state index contributed by atoms with van der Waals surface area (Å²) in [7, 11) is 3.86. The molecule has 0 radical (unpaired) electrons. The van der Waals surface area contributed by atoms with Crippen molar-refractivity contribution in [3.05, 3.63) is 59.1 Å². The van der Waals surface area contributed by atoms with Gasteiger partial charge in [-0.25, -0.2) is 9.97 Å². The molecule has 4 rings (SSSR count). The van der Waals surface area contributed by atoms with E-state index in [1.807, 2.05) is 67.5 Å². The summed E-state index contributed by atoms with van der Waals surface area (Å²) in [5.41, 5.74) is 3.40. The molecule has 1 atom stereocenters.